The van der Waals surface area contributed by atoms with Gasteiger partial charge in [0.1, 0.15) is 11.3 Å². The predicted octanol–water partition coefficient (Wildman–Crippen LogP) is 4.38. The van der Waals surface area contributed by atoms with Gasteiger partial charge in [-0.05, 0) is 49.9 Å². The molecule has 2 aromatic carbocycles. The molecule has 0 N–H and O–H groups in total. The maximum atomic E-state index is 12.7. The average molecular weight is 318 g/mol. The molecule has 1 fully saturated rings. The summed E-state index contributed by atoms with van der Waals surface area (Å²) in [6, 6.07) is 15.3. The fourth-order valence-corrected chi connectivity index (χ4v) is 3.46. The molecule has 24 heavy (non-hydrogen) atoms. The summed E-state index contributed by atoms with van der Waals surface area (Å²) in [6.45, 7) is 3.39. The summed E-state index contributed by atoms with van der Waals surface area (Å²) in [4.78, 5) is 24.7. The van der Waals surface area contributed by atoms with Crippen LogP contribution in [0.4, 0.5) is 0 Å². The first-order valence-corrected chi connectivity index (χ1v) is 8.17. The molecule has 1 heterocycles. The molecule has 0 unspecified atom stereocenters. The molecule has 4 rings (SSSR count). The number of ketones is 1. The van der Waals surface area contributed by atoms with Crippen molar-refractivity contribution in [1.82, 2.24) is 0 Å². The van der Waals surface area contributed by atoms with Gasteiger partial charge in [-0.15, -0.1) is 0 Å². The molecule has 0 radical (unpaired) electrons. The van der Waals surface area contributed by atoms with Gasteiger partial charge in [0.25, 0.3) is 0 Å². The van der Waals surface area contributed by atoms with Crippen molar-refractivity contribution in [3.05, 3.63) is 81.2 Å². The van der Waals surface area contributed by atoms with Crippen LogP contribution in [-0.2, 0) is 5.41 Å². The van der Waals surface area contributed by atoms with Gasteiger partial charge in [0.15, 0.2) is 11.2 Å². The molecule has 1 aliphatic carbocycles. The van der Waals surface area contributed by atoms with Crippen molar-refractivity contribution in [3.63, 3.8) is 0 Å². The minimum absolute atomic E-state index is 0.0837. The van der Waals surface area contributed by atoms with E-state index < -0.39 is 0 Å². The fourth-order valence-electron chi connectivity index (χ4n) is 3.46. The zero-order valence-electron chi connectivity index (χ0n) is 13.8. The van der Waals surface area contributed by atoms with Crippen LogP contribution in [0.25, 0.3) is 11.0 Å². The van der Waals surface area contributed by atoms with Crippen molar-refractivity contribution in [2.24, 2.45) is 0 Å². The Morgan fingerprint density at radius 2 is 1.79 bits per heavy atom. The van der Waals surface area contributed by atoms with Crippen LogP contribution in [-0.4, -0.2) is 5.78 Å². The van der Waals surface area contributed by atoms with E-state index >= 15 is 0 Å². The molecule has 1 saturated carbocycles. The molecule has 3 nitrogen and oxygen atoms in total. The standard InChI is InChI=1S/C21H18O3/c1-13-10-16(14(2)22)20-17(11-13)18(23)12-19(24-20)21(8-9-21)15-6-4-3-5-7-15/h3-7,10-12H,8-9H2,1-2H3. The lowest BCUT2D eigenvalue weighted by Gasteiger charge is -2.16. The number of fused-ring (bicyclic) bond motifs is 1. The molecule has 0 amide bonds. The third-order valence-corrected chi connectivity index (χ3v) is 4.90. The van der Waals surface area contributed by atoms with Gasteiger partial charge in [0, 0.05) is 6.07 Å². The summed E-state index contributed by atoms with van der Waals surface area (Å²) in [5, 5.41) is 0.479. The second-order valence-corrected chi connectivity index (χ2v) is 6.67. The van der Waals surface area contributed by atoms with Gasteiger partial charge in [-0.25, -0.2) is 0 Å². The predicted molar refractivity (Wildman–Crippen MR) is 93.7 cm³/mol. The largest absolute Gasteiger partial charge is 0.459 e. The summed E-state index contributed by atoms with van der Waals surface area (Å²) in [5.41, 5.74) is 2.62. The highest BCUT2D eigenvalue weighted by atomic mass is 16.3. The summed E-state index contributed by atoms with van der Waals surface area (Å²) in [6.07, 6.45) is 1.90. The van der Waals surface area contributed by atoms with Crippen molar-refractivity contribution in [2.75, 3.05) is 0 Å². The summed E-state index contributed by atoms with van der Waals surface area (Å²) in [7, 11) is 0. The van der Waals surface area contributed by atoms with Crippen molar-refractivity contribution >= 4 is 16.8 Å². The number of carbonyl (C=O) groups is 1. The van der Waals surface area contributed by atoms with E-state index in [9.17, 15) is 9.59 Å². The molecule has 3 heteroatoms. The monoisotopic (exact) mass is 318 g/mol. The van der Waals surface area contributed by atoms with Gasteiger partial charge in [-0.3, -0.25) is 9.59 Å². The third kappa shape index (κ3) is 2.20. The van der Waals surface area contributed by atoms with Crippen molar-refractivity contribution in [1.29, 1.82) is 0 Å². The van der Waals surface area contributed by atoms with Gasteiger partial charge >= 0.3 is 0 Å². The SMILES string of the molecule is CC(=O)c1cc(C)cc2c(=O)cc(C3(c4ccccc4)CC3)oc12. The van der Waals surface area contributed by atoms with Gasteiger partial charge < -0.3 is 4.42 Å². The zero-order chi connectivity index (χ0) is 16.9. The Kier molecular flexibility index (Phi) is 3.20. The Morgan fingerprint density at radius 3 is 2.42 bits per heavy atom. The highest BCUT2D eigenvalue weighted by Gasteiger charge is 2.48. The van der Waals surface area contributed by atoms with Gasteiger partial charge in [-0.2, -0.15) is 0 Å². The van der Waals surface area contributed by atoms with Crippen LogP contribution in [0.15, 0.2) is 57.7 Å². The van der Waals surface area contributed by atoms with E-state index in [4.69, 9.17) is 4.42 Å². The first-order chi connectivity index (χ1) is 11.5. The highest BCUT2D eigenvalue weighted by Crippen LogP contribution is 2.53. The molecular formula is C21H18O3. The number of carbonyl (C=O) groups excluding carboxylic acids is 1. The lowest BCUT2D eigenvalue weighted by molar-refractivity contribution is 0.101. The second kappa shape index (κ2) is 5.17. The molecule has 0 aliphatic heterocycles. The molecule has 3 aromatic rings. The van der Waals surface area contributed by atoms with Gasteiger partial charge in [0.2, 0.25) is 0 Å². The zero-order valence-corrected chi connectivity index (χ0v) is 13.8. The minimum atomic E-state index is -0.229. The van der Waals surface area contributed by atoms with Gasteiger partial charge in [0.05, 0.1) is 16.4 Å². The molecule has 1 aliphatic rings. The Hall–Kier alpha value is -2.68. The summed E-state index contributed by atoms with van der Waals surface area (Å²) < 4.78 is 6.15. The van der Waals surface area contributed by atoms with Crippen LogP contribution in [0.1, 0.15) is 47.0 Å². The Bertz CT molecular complexity index is 1010. The first-order valence-electron chi connectivity index (χ1n) is 8.17. The van der Waals surface area contributed by atoms with E-state index in [0.717, 1.165) is 24.0 Å². The molecule has 1 aromatic heterocycles. The van der Waals surface area contributed by atoms with E-state index in [2.05, 4.69) is 12.1 Å². The van der Waals surface area contributed by atoms with Crippen LogP contribution in [0.5, 0.6) is 0 Å². The first kappa shape index (κ1) is 14.9. The molecule has 0 atom stereocenters. The molecule has 0 saturated heterocycles. The van der Waals surface area contributed by atoms with E-state index in [1.165, 1.54) is 6.92 Å². The number of hydrogen-bond donors (Lipinski definition) is 0. The van der Waals surface area contributed by atoms with Crippen LogP contribution >= 0.6 is 0 Å². The molecular weight excluding hydrogens is 300 g/mol. The van der Waals surface area contributed by atoms with E-state index in [1.54, 1.807) is 18.2 Å². The fraction of sp³-hybridized carbons (Fsp3) is 0.238. The number of aryl methyl sites for hydroxylation is 1. The number of hydrogen-bond acceptors (Lipinski definition) is 3. The highest BCUT2D eigenvalue weighted by molar-refractivity contribution is 6.05. The molecule has 120 valence electrons. The summed E-state index contributed by atoms with van der Waals surface area (Å²) >= 11 is 0. The Labute approximate surface area is 139 Å². The smallest absolute Gasteiger partial charge is 0.193 e. The Balaban J connectivity index is 1.99. The van der Waals surface area contributed by atoms with E-state index in [0.29, 0.717) is 22.3 Å². The maximum absolute atomic E-state index is 12.7. The maximum Gasteiger partial charge on any atom is 0.193 e. The lowest BCUT2D eigenvalue weighted by Crippen LogP contribution is -2.14. The second-order valence-electron chi connectivity index (χ2n) is 6.67. The number of benzene rings is 2. The molecule has 0 spiro atoms. The van der Waals surface area contributed by atoms with Gasteiger partial charge in [-0.1, -0.05) is 30.3 Å². The topological polar surface area (TPSA) is 47.3 Å². The Morgan fingerprint density at radius 1 is 1.08 bits per heavy atom. The lowest BCUT2D eigenvalue weighted by atomic mass is 9.92. The van der Waals surface area contributed by atoms with Crippen molar-refractivity contribution in [2.45, 2.75) is 32.1 Å². The van der Waals surface area contributed by atoms with Crippen molar-refractivity contribution < 1.29 is 9.21 Å². The van der Waals surface area contributed by atoms with Crippen LogP contribution < -0.4 is 5.43 Å². The van der Waals surface area contributed by atoms with Crippen LogP contribution in [0.2, 0.25) is 0 Å². The van der Waals surface area contributed by atoms with Crippen LogP contribution in [0, 0.1) is 6.92 Å². The van der Waals surface area contributed by atoms with E-state index in [-0.39, 0.29) is 16.6 Å². The normalized spacial score (nSPS) is 15.4. The van der Waals surface area contributed by atoms with Crippen molar-refractivity contribution in [3.8, 4) is 0 Å². The van der Waals surface area contributed by atoms with Crippen LogP contribution in [0.3, 0.4) is 0 Å². The number of Topliss-reactive ketones (excluding diaryl/α,β-unsaturated/α-hetero) is 1. The molecule has 0 bridgehead atoms. The minimum Gasteiger partial charge on any atom is -0.459 e. The number of rotatable bonds is 3. The quantitative estimate of drug-likeness (QED) is 0.673. The third-order valence-electron chi connectivity index (χ3n) is 4.90. The van der Waals surface area contributed by atoms with E-state index in [1.807, 2.05) is 25.1 Å². The average Bonchev–Trinajstić information content (AvgIpc) is 3.37. The summed E-state index contributed by atoms with van der Waals surface area (Å²) in [5.74, 6) is 0.575.